The minimum Gasteiger partial charge on any atom is -0.435 e. The van der Waals surface area contributed by atoms with Crippen LogP contribution in [0.5, 0.6) is 5.75 Å². The Labute approximate surface area is 94.6 Å². The van der Waals surface area contributed by atoms with Gasteiger partial charge in [0.25, 0.3) is 0 Å². The zero-order chi connectivity index (χ0) is 13.2. The summed E-state index contributed by atoms with van der Waals surface area (Å²) in [6.07, 6.45) is 0. The van der Waals surface area contributed by atoms with Gasteiger partial charge in [0.1, 0.15) is 5.75 Å². The largest absolute Gasteiger partial charge is 0.446 e. The second kappa shape index (κ2) is 5.03. The highest BCUT2D eigenvalue weighted by Gasteiger charge is 2.32. The summed E-state index contributed by atoms with van der Waals surface area (Å²) in [6.45, 7) is -3.34. The molecule has 0 fully saturated rings. The molecule has 96 valence electrons. The van der Waals surface area contributed by atoms with Crippen LogP contribution in [0.3, 0.4) is 0 Å². The lowest BCUT2D eigenvalue weighted by atomic mass is 10.3. The second-order valence-electron chi connectivity index (χ2n) is 2.64. The first-order valence-electron chi connectivity index (χ1n) is 3.88. The molecule has 1 aromatic carbocycles. The van der Waals surface area contributed by atoms with Crippen molar-refractivity contribution in [2.24, 2.45) is 0 Å². The maximum absolute atomic E-state index is 12.9. The fourth-order valence-electron chi connectivity index (χ4n) is 0.910. The first-order valence-corrected chi connectivity index (χ1v) is 4.70. The Morgan fingerprint density at radius 2 is 1.71 bits per heavy atom. The fourth-order valence-corrected chi connectivity index (χ4v) is 1.52. The summed E-state index contributed by atoms with van der Waals surface area (Å²) in [4.78, 5) is -1.17. The van der Waals surface area contributed by atoms with Crippen LogP contribution in [0.25, 0.3) is 0 Å². The monoisotopic (exact) mass is 280 g/mol. The number of halogens is 7. The van der Waals surface area contributed by atoms with Gasteiger partial charge in [-0.05, 0) is 17.8 Å². The molecule has 0 saturated heterocycles. The van der Waals surface area contributed by atoms with Gasteiger partial charge in [0.2, 0.25) is 0 Å². The SMILES string of the molecule is Fc1cc(OC(F)F)cc(SC(F)(F)F)c1F. The summed E-state index contributed by atoms with van der Waals surface area (Å²) >= 11 is -0.957. The summed E-state index contributed by atoms with van der Waals surface area (Å²) < 4.78 is 88.7. The molecule has 0 unspecified atom stereocenters. The average Bonchev–Trinajstić information content (AvgIpc) is 2.09. The van der Waals surface area contributed by atoms with Crippen molar-refractivity contribution >= 4 is 11.8 Å². The number of hydrogen-bond acceptors (Lipinski definition) is 2. The van der Waals surface area contributed by atoms with Crippen molar-refractivity contribution < 1.29 is 35.5 Å². The van der Waals surface area contributed by atoms with Crippen LogP contribution in [-0.2, 0) is 0 Å². The van der Waals surface area contributed by atoms with E-state index >= 15 is 0 Å². The second-order valence-corrected chi connectivity index (χ2v) is 3.75. The van der Waals surface area contributed by atoms with E-state index in [1.54, 1.807) is 0 Å². The standard InChI is InChI=1S/C8H3F7OS/c9-4-1-3(16-7(11)12)2-5(6(4)10)17-8(13,14)15/h1-2,7H. The van der Waals surface area contributed by atoms with Crippen LogP contribution in [0, 0.1) is 11.6 Å². The van der Waals surface area contributed by atoms with Crippen LogP contribution in [0.4, 0.5) is 30.7 Å². The van der Waals surface area contributed by atoms with Crippen LogP contribution in [0.2, 0.25) is 0 Å². The van der Waals surface area contributed by atoms with Crippen molar-refractivity contribution in [2.75, 3.05) is 0 Å². The smallest absolute Gasteiger partial charge is 0.435 e. The molecule has 0 atom stereocenters. The molecule has 0 aliphatic rings. The minimum absolute atomic E-state index is 0.238. The molecule has 0 N–H and O–H groups in total. The minimum atomic E-state index is -4.86. The first kappa shape index (κ1) is 13.9. The van der Waals surface area contributed by atoms with E-state index in [1.165, 1.54) is 0 Å². The summed E-state index contributed by atoms with van der Waals surface area (Å²) in [5, 5.41) is 0. The summed E-state index contributed by atoms with van der Waals surface area (Å²) in [6, 6.07) is 0.588. The predicted molar refractivity (Wildman–Crippen MR) is 44.9 cm³/mol. The third-order valence-electron chi connectivity index (χ3n) is 1.42. The zero-order valence-electron chi connectivity index (χ0n) is 7.69. The molecule has 1 nitrogen and oxygen atoms in total. The Morgan fingerprint density at radius 3 is 2.18 bits per heavy atom. The number of thioether (sulfide) groups is 1. The normalized spacial score (nSPS) is 12.0. The maximum Gasteiger partial charge on any atom is 0.446 e. The Balaban J connectivity index is 3.07. The fraction of sp³-hybridized carbons (Fsp3) is 0.250. The molecule has 0 spiro atoms. The quantitative estimate of drug-likeness (QED) is 0.607. The van der Waals surface area contributed by atoms with E-state index in [0.717, 1.165) is 0 Å². The van der Waals surface area contributed by atoms with Gasteiger partial charge in [-0.15, -0.1) is 0 Å². The topological polar surface area (TPSA) is 9.23 Å². The van der Waals surface area contributed by atoms with Crippen LogP contribution < -0.4 is 4.74 Å². The third-order valence-corrected chi connectivity index (χ3v) is 2.17. The molecule has 0 bridgehead atoms. The van der Waals surface area contributed by atoms with Gasteiger partial charge in [-0.1, -0.05) is 0 Å². The number of benzene rings is 1. The molecule has 0 radical (unpaired) electrons. The van der Waals surface area contributed by atoms with Gasteiger partial charge in [-0.3, -0.25) is 0 Å². The van der Waals surface area contributed by atoms with E-state index in [9.17, 15) is 30.7 Å². The molecule has 0 aliphatic heterocycles. The van der Waals surface area contributed by atoms with E-state index in [1.807, 2.05) is 0 Å². The number of alkyl halides is 5. The summed E-state index contributed by atoms with van der Waals surface area (Å²) in [7, 11) is 0. The number of hydrogen-bond donors (Lipinski definition) is 0. The summed E-state index contributed by atoms with van der Waals surface area (Å²) in [5.41, 5.74) is -4.86. The lowest BCUT2D eigenvalue weighted by molar-refractivity contribution is -0.0502. The molecule has 1 rings (SSSR count). The van der Waals surface area contributed by atoms with E-state index in [0.29, 0.717) is 6.07 Å². The molecule has 0 saturated carbocycles. The van der Waals surface area contributed by atoms with Crippen molar-refractivity contribution in [3.63, 3.8) is 0 Å². The first-order chi connectivity index (χ1) is 7.69. The van der Waals surface area contributed by atoms with Gasteiger partial charge in [0.05, 0.1) is 4.90 Å². The lowest BCUT2D eigenvalue weighted by Gasteiger charge is -2.10. The molecule has 9 heteroatoms. The Bertz CT molecular complexity index is 404. The average molecular weight is 280 g/mol. The van der Waals surface area contributed by atoms with Gasteiger partial charge >= 0.3 is 12.1 Å². The highest BCUT2D eigenvalue weighted by atomic mass is 32.2. The lowest BCUT2D eigenvalue weighted by Crippen LogP contribution is -2.05. The van der Waals surface area contributed by atoms with Crippen molar-refractivity contribution in [2.45, 2.75) is 17.0 Å². The Morgan fingerprint density at radius 1 is 1.12 bits per heavy atom. The van der Waals surface area contributed by atoms with Crippen LogP contribution in [0.15, 0.2) is 17.0 Å². The van der Waals surface area contributed by atoms with E-state index in [2.05, 4.69) is 4.74 Å². The number of ether oxygens (including phenoxy) is 1. The van der Waals surface area contributed by atoms with Crippen LogP contribution in [0.1, 0.15) is 0 Å². The molecule has 0 aliphatic carbocycles. The third kappa shape index (κ3) is 4.33. The Kier molecular flexibility index (Phi) is 4.12. The van der Waals surface area contributed by atoms with Crippen molar-refractivity contribution in [1.29, 1.82) is 0 Å². The van der Waals surface area contributed by atoms with Crippen molar-refractivity contribution in [3.05, 3.63) is 23.8 Å². The predicted octanol–water partition coefficient (Wildman–Crippen LogP) is 4.18. The summed E-state index contributed by atoms with van der Waals surface area (Å²) in [5.74, 6) is -4.35. The highest BCUT2D eigenvalue weighted by Crippen LogP contribution is 2.40. The van der Waals surface area contributed by atoms with Gasteiger partial charge < -0.3 is 4.74 Å². The number of rotatable bonds is 3. The van der Waals surface area contributed by atoms with Crippen molar-refractivity contribution in [3.8, 4) is 5.75 Å². The van der Waals surface area contributed by atoms with E-state index < -0.39 is 46.2 Å². The molecular formula is C8H3F7OS. The highest BCUT2D eigenvalue weighted by molar-refractivity contribution is 8.00. The molecular weight excluding hydrogens is 277 g/mol. The van der Waals surface area contributed by atoms with Gasteiger partial charge in [-0.2, -0.15) is 22.0 Å². The molecule has 1 aromatic rings. The van der Waals surface area contributed by atoms with Gasteiger partial charge in [0.15, 0.2) is 11.6 Å². The van der Waals surface area contributed by atoms with Crippen molar-refractivity contribution in [1.82, 2.24) is 0 Å². The molecule has 0 heterocycles. The van der Waals surface area contributed by atoms with Crippen LogP contribution in [-0.4, -0.2) is 12.1 Å². The molecule has 17 heavy (non-hydrogen) atoms. The maximum atomic E-state index is 12.9. The van der Waals surface area contributed by atoms with E-state index in [-0.39, 0.29) is 6.07 Å². The van der Waals surface area contributed by atoms with Gasteiger partial charge in [-0.25, -0.2) is 8.78 Å². The molecule has 0 aromatic heterocycles. The zero-order valence-corrected chi connectivity index (χ0v) is 8.51. The molecule has 0 amide bonds. The Hall–Kier alpha value is -1.12. The van der Waals surface area contributed by atoms with Gasteiger partial charge in [0, 0.05) is 6.07 Å². The van der Waals surface area contributed by atoms with Crippen LogP contribution >= 0.6 is 11.8 Å². The van der Waals surface area contributed by atoms with E-state index in [4.69, 9.17) is 0 Å².